The van der Waals surface area contributed by atoms with Crippen LogP contribution in [0.1, 0.15) is 10.4 Å². The molecule has 1 aliphatic rings. The molecular formula is C15H18N2O4. The first-order valence-corrected chi connectivity index (χ1v) is 6.73. The number of ether oxygens (including phenoxy) is 1. The maximum absolute atomic E-state index is 12.3. The third-order valence-electron chi connectivity index (χ3n) is 3.28. The molecule has 0 aliphatic carbocycles. The van der Waals surface area contributed by atoms with Crippen LogP contribution in [0.2, 0.25) is 0 Å². The molecule has 2 rings (SSSR count). The standard InChI is InChI=1S/C15H18N2O4/c1-2-11-21-15(20)17-9-7-16(8-10-17)14(19)12-5-3-4-6-13(12)18/h2-6,18H,1,7-11H2. The molecule has 112 valence electrons. The van der Waals surface area contributed by atoms with Crippen LogP contribution in [0.3, 0.4) is 0 Å². The van der Waals surface area contributed by atoms with Crippen LogP contribution in [0.4, 0.5) is 4.79 Å². The van der Waals surface area contributed by atoms with Crippen molar-refractivity contribution < 1.29 is 19.4 Å². The molecule has 0 radical (unpaired) electrons. The third kappa shape index (κ3) is 3.53. The van der Waals surface area contributed by atoms with Gasteiger partial charge in [-0.05, 0) is 12.1 Å². The molecule has 0 aromatic heterocycles. The number of piperazine rings is 1. The Morgan fingerprint density at radius 2 is 1.81 bits per heavy atom. The average Bonchev–Trinajstić information content (AvgIpc) is 2.52. The molecule has 1 N–H and O–H groups in total. The Balaban J connectivity index is 1.92. The molecule has 0 spiro atoms. The molecule has 1 heterocycles. The molecule has 6 heteroatoms. The summed E-state index contributed by atoms with van der Waals surface area (Å²) in [6.45, 7) is 5.31. The fourth-order valence-corrected chi connectivity index (χ4v) is 2.14. The van der Waals surface area contributed by atoms with Crippen molar-refractivity contribution in [2.24, 2.45) is 0 Å². The van der Waals surface area contributed by atoms with Crippen LogP contribution in [0, 0.1) is 0 Å². The normalized spacial score (nSPS) is 14.7. The highest BCUT2D eigenvalue weighted by atomic mass is 16.6. The third-order valence-corrected chi connectivity index (χ3v) is 3.28. The molecular weight excluding hydrogens is 272 g/mol. The molecule has 0 atom stereocenters. The second-order valence-corrected chi connectivity index (χ2v) is 4.66. The Hall–Kier alpha value is -2.50. The van der Waals surface area contributed by atoms with Crippen LogP contribution >= 0.6 is 0 Å². The van der Waals surface area contributed by atoms with Crippen molar-refractivity contribution >= 4 is 12.0 Å². The lowest BCUT2D eigenvalue weighted by Crippen LogP contribution is -2.50. The van der Waals surface area contributed by atoms with E-state index in [0.29, 0.717) is 26.2 Å². The van der Waals surface area contributed by atoms with E-state index in [1.165, 1.54) is 12.1 Å². The lowest BCUT2D eigenvalue weighted by atomic mass is 10.1. The number of benzene rings is 1. The Labute approximate surface area is 123 Å². The van der Waals surface area contributed by atoms with Gasteiger partial charge in [-0.2, -0.15) is 0 Å². The minimum absolute atomic E-state index is 0.0321. The molecule has 1 aromatic rings. The second kappa shape index (κ2) is 6.78. The van der Waals surface area contributed by atoms with E-state index in [-0.39, 0.29) is 23.8 Å². The Morgan fingerprint density at radius 3 is 2.43 bits per heavy atom. The van der Waals surface area contributed by atoms with Crippen molar-refractivity contribution in [3.05, 3.63) is 42.5 Å². The molecule has 0 bridgehead atoms. The van der Waals surface area contributed by atoms with Crippen molar-refractivity contribution in [1.29, 1.82) is 0 Å². The zero-order valence-electron chi connectivity index (χ0n) is 11.7. The summed E-state index contributed by atoms with van der Waals surface area (Å²) in [5.41, 5.74) is 0.278. The summed E-state index contributed by atoms with van der Waals surface area (Å²) in [4.78, 5) is 27.1. The summed E-state index contributed by atoms with van der Waals surface area (Å²) in [5, 5.41) is 9.71. The SMILES string of the molecule is C=CCOC(=O)N1CCN(C(=O)c2ccccc2O)CC1. The first kappa shape index (κ1) is 14.9. The van der Waals surface area contributed by atoms with E-state index in [4.69, 9.17) is 4.74 Å². The van der Waals surface area contributed by atoms with Gasteiger partial charge in [0.2, 0.25) is 0 Å². The lowest BCUT2D eigenvalue weighted by Gasteiger charge is -2.34. The van der Waals surface area contributed by atoms with Crippen LogP contribution < -0.4 is 0 Å². The first-order chi connectivity index (χ1) is 10.1. The number of phenolic OH excluding ortho intramolecular Hbond substituents is 1. The molecule has 1 fully saturated rings. The van der Waals surface area contributed by atoms with Gasteiger partial charge in [0.1, 0.15) is 12.4 Å². The molecule has 1 saturated heterocycles. The summed E-state index contributed by atoms with van der Waals surface area (Å²) < 4.78 is 4.96. The number of carbonyl (C=O) groups excluding carboxylic acids is 2. The van der Waals surface area contributed by atoms with Crippen LogP contribution in [-0.2, 0) is 4.74 Å². The maximum Gasteiger partial charge on any atom is 0.410 e. The largest absolute Gasteiger partial charge is 0.507 e. The van der Waals surface area contributed by atoms with Crippen LogP contribution in [-0.4, -0.2) is 59.7 Å². The van der Waals surface area contributed by atoms with E-state index >= 15 is 0 Å². The molecule has 0 unspecified atom stereocenters. The Morgan fingerprint density at radius 1 is 1.19 bits per heavy atom. The van der Waals surface area contributed by atoms with Crippen molar-refractivity contribution in [3.8, 4) is 5.75 Å². The predicted molar refractivity (Wildman–Crippen MR) is 77.1 cm³/mol. The van der Waals surface area contributed by atoms with E-state index in [2.05, 4.69) is 6.58 Å². The first-order valence-electron chi connectivity index (χ1n) is 6.73. The summed E-state index contributed by atoms with van der Waals surface area (Å²) in [6.07, 6.45) is 1.11. The summed E-state index contributed by atoms with van der Waals surface area (Å²) in [6, 6.07) is 6.44. The van der Waals surface area contributed by atoms with Gasteiger partial charge < -0.3 is 19.6 Å². The van der Waals surface area contributed by atoms with E-state index in [1.54, 1.807) is 28.0 Å². The Bertz CT molecular complexity index is 536. The van der Waals surface area contributed by atoms with Gasteiger partial charge in [-0.25, -0.2) is 4.79 Å². The number of hydrogen-bond acceptors (Lipinski definition) is 4. The van der Waals surface area contributed by atoms with E-state index in [0.717, 1.165) is 0 Å². The second-order valence-electron chi connectivity index (χ2n) is 4.66. The van der Waals surface area contributed by atoms with Crippen molar-refractivity contribution in [2.45, 2.75) is 0 Å². The van der Waals surface area contributed by atoms with Gasteiger partial charge in [-0.1, -0.05) is 24.8 Å². The molecule has 1 aliphatic heterocycles. The number of para-hydroxylation sites is 1. The summed E-state index contributed by atoms with van der Waals surface area (Å²) in [7, 11) is 0. The maximum atomic E-state index is 12.3. The number of amides is 2. The van der Waals surface area contributed by atoms with Crippen molar-refractivity contribution in [3.63, 3.8) is 0 Å². The molecule has 2 amide bonds. The average molecular weight is 290 g/mol. The van der Waals surface area contributed by atoms with Crippen molar-refractivity contribution in [1.82, 2.24) is 9.80 Å². The summed E-state index contributed by atoms with van der Waals surface area (Å²) >= 11 is 0. The van der Waals surface area contributed by atoms with Crippen LogP contribution in [0.15, 0.2) is 36.9 Å². The highest BCUT2D eigenvalue weighted by molar-refractivity contribution is 5.96. The smallest absolute Gasteiger partial charge is 0.410 e. The zero-order chi connectivity index (χ0) is 15.2. The fourth-order valence-electron chi connectivity index (χ4n) is 2.14. The number of nitrogens with zero attached hydrogens (tertiary/aromatic N) is 2. The minimum atomic E-state index is -0.399. The number of carbonyl (C=O) groups is 2. The number of phenols is 1. The van der Waals surface area contributed by atoms with Gasteiger partial charge in [0, 0.05) is 26.2 Å². The highest BCUT2D eigenvalue weighted by Gasteiger charge is 2.26. The van der Waals surface area contributed by atoms with E-state index in [1.807, 2.05) is 0 Å². The zero-order valence-corrected chi connectivity index (χ0v) is 11.7. The predicted octanol–water partition coefficient (Wildman–Crippen LogP) is 1.47. The van der Waals surface area contributed by atoms with Crippen LogP contribution in [0.5, 0.6) is 5.75 Å². The molecule has 21 heavy (non-hydrogen) atoms. The van der Waals surface area contributed by atoms with E-state index in [9.17, 15) is 14.7 Å². The topological polar surface area (TPSA) is 70.1 Å². The lowest BCUT2D eigenvalue weighted by molar-refractivity contribution is 0.0578. The highest BCUT2D eigenvalue weighted by Crippen LogP contribution is 2.18. The van der Waals surface area contributed by atoms with Gasteiger partial charge >= 0.3 is 6.09 Å². The number of aromatic hydroxyl groups is 1. The summed E-state index contributed by atoms with van der Waals surface area (Å²) in [5.74, 6) is -0.262. The van der Waals surface area contributed by atoms with E-state index < -0.39 is 6.09 Å². The molecule has 0 saturated carbocycles. The molecule has 1 aromatic carbocycles. The van der Waals surface area contributed by atoms with Gasteiger partial charge in [0.05, 0.1) is 5.56 Å². The van der Waals surface area contributed by atoms with Gasteiger partial charge in [-0.3, -0.25) is 4.79 Å². The number of rotatable bonds is 3. The fraction of sp³-hybridized carbons (Fsp3) is 0.333. The monoisotopic (exact) mass is 290 g/mol. The van der Waals surface area contributed by atoms with Gasteiger partial charge in [-0.15, -0.1) is 0 Å². The minimum Gasteiger partial charge on any atom is -0.507 e. The number of hydrogen-bond donors (Lipinski definition) is 1. The van der Waals surface area contributed by atoms with Crippen LogP contribution in [0.25, 0.3) is 0 Å². The Kier molecular flexibility index (Phi) is 4.81. The quantitative estimate of drug-likeness (QED) is 0.856. The van der Waals surface area contributed by atoms with Gasteiger partial charge in [0.15, 0.2) is 0 Å². The molecule has 6 nitrogen and oxygen atoms in total. The van der Waals surface area contributed by atoms with Gasteiger partial charge in [0.25, 0.3) is 5.91 Å². The van der Waals surface area contributed by atoms with Crippen molar-refractivity contribution in [2.75, 3.05) is 32.8 Å².